The second kappa shape index (κ2) is 7.20. The van der Waals surface area contributed by atoms with Crippen LogP contribution in [-0.2, 0) is 14.8 Å². The third kappa shape index (κ3) is 4.63. The van der Waals surface area contributed by atoms with E-state index in [1.54, 1.807) is 11.0 Å². The van der Waals surface area contributed by atoms with E-state index in [1.165, 1.54) is 16.4 Å². The molecule has 0 spiro atoms. The summed E-state index contributed by atoms with van der Waals surface area (Å²) in [6, 6.07) is 4.38. The SMILES string of the molecule is CC(C)(C)CC(=O)N1CCN(S(=O)(=O)c2cc(Cl)ccc2Cl)CC1. The Morgan fingerprint density at radius 1 is 1.12 bits per heavy atom. The van der Waals surface area contributed by atoms with Crippen molar-refractivity contribution in [2.45, 2.75) is 32.1 Å². The number of piperazine rings is 1. The zero-order chi connectivity index (χ0) is 18.1. The summed E-state index contributed by atoms with van der Waals surface area (Å²) >= 11 is 11.9. The molecule has 2 rings (SSSR count). The second-order valence-corrected chi connectivity index (χ2v) is 9.85. The lowest BCUT2D eigenvalue weighted by molar-refractivity contribution is -0.134. The maximum absolute atomic E-state index is 12.7. The molecule has 24 heavy (non-hydrogen) atoms. The fraction of sp³-hybridized carbons (Fsp3) is 0.562. The molecule has 1 fully saturated rings. The Morgan fingerprint density at radius 3 is 2.25 bits per heavy atom. The molecule has 0 bridgehead atoms. The van der Waals surface area contributed by atoms with Crippen LogP contribution < -0.4 is 0 Å². The van der Waals surface area contributed by atoms with Crippen LogP contribution in [0.5, 0.6) is 0 Å². The van der Waals surface area contributed by atoms with Gasteiger partial charge in [0.25, 0.3) is 0 Å². The monoisotopic (exact) mass is 392 g/mol. The molecule has 1 saturated heterocycles. The maximum atomic E-state index is 12.7. The van der Waals surface area contributed by atoms with Crippen molar-refractivity contribution in [3.63, 3.8) is 0 Å². The van der Waals surface area contributed by atoms with E-state index >= 15 is 0 Å². The van der Waals surface area contributed by atoms with Crippen molar-refractivity contribution in [2.24, 2.45) is 5.41 Å². The predicted octanol–water partition coefficient (Wildman–Crippen LogP) is 3.26. The minimum absolute atomic E-state index is 0.00568. The Hall–Kier alpha value is -0.820. The summed E-state index contributed by atoms with van der Waals surface area (Å²) in [6.07, 6.45) is 0.444. The van der Waals surface area contributed by atoms with Gasteiger partial charge in [-0.05, 0) is 23.6 Å². The van der Waals surface area contributed by atoms with Crippen molar-refractivity contribution in [1.29, 1.82) is 0 Å². The first kappa shape index (κ1) is 19.5. The summed E-state index contributed by atoms with van der Waals surface area (Å²) in [5, 5.41) is 0.461. The largest absolute Gasteiger partial charge is 0.340 e. The van der Waals surface area contributed by atoms with Gasteiger partial charge in [0.1, 0.15) is 4.90 Å². The first-order valence-corrected chi connectivity index (χ1v) is 9.93. The van der Waals surface area contributed by atoms with Crippen LogP contribution in [0, 0.1) is 5.41 Å². The third-order valence-electron chi connectivity index (χ3n) is 3.78. The molecule has 1 aromatic carbocycles. The minimum Gasteiger partial charge on any atom is -0.340 e. The molecule has 8 heteroatoms. The quantitative estimate of drug-likeness (QED) is 0.792. The standard InChI is InChI=1S/C16H22Cl2N2O3S/c1-16(2,3)11-15(21)19-6-8-20(9-7-19)24(22,23)14-10-12(17)4-5-13(14)18/h4-5,10H,6-9,11H2,1-3H3. The van der Waals surface area contributed by atoms with E-state index in [4.69, 9.17) is 23.2 Å². The summed E-state index contributed by atoms with van der Waals surface area (Å²) in [4.78, 5) is 14.0. The van der Waals surface area contributed by atoms with Crippen LogP contribution in [0.3, 0.4) is 0 Å². The van der Waals surface area contributed by atoms with Crippen molar-refractivity contribution in [3.05, 3.63) is 28.2 Å². The summed E-state index contributed by atoms with van der Waals surface area (Å²) < 4.78 is 26.8. The van der Waals surface area contributed by atoms with Crippen molar-refractivity contribution >= 4 is 39.1 Å². The average molecular weight is 393 g/mol. The lowest BCUT2D eigenvalue weighted by Crippen LogP contribution is -2.51. The summed E-state index contributed by atoms with van der Waals surface area (Å²) in [6.45, 7) is 7.28. The van der Waals surface area contributed by atoms with Crippen LogP contribution >= 0.6 is 23.2 Å². The van der Waals surface area contributed by atoms with Crippen molar-refractivity contribution < 1.29 is 13.2 Å². The van der Waals surface area contributed by atoms with Gasteiger partial charge in [-0.2, -0.15) is 4.31 Å². The highest BCUT2D eigenvalue weighted by atomic mass is 35.5. The average Bonchev–Trinajstić information content (AvgIpc) is 2.48. The molecule has 0 N–H and O–H groups in total. The molecule has 1 aliphatic rings. The maximum Gasteiger partial charge on any atom is 0.244 e. The number of carbonyl (C=O) groups is 1. The fourth-order valence-electron chi connectivity index (χ4n) is 2.56. The van der Waals surface area contributed by atoms with Crippen LogP contribution in [0.1, 0.15) is 27.2 Å². The highest BCUT2D eigenvalue weighted by Gasteiger charge is 2.32. The third-order valence-corrected chi connectivity index (χ3v) is 6.40. The van der Waals surface area contributed by atoms with Gasteiger partial charge in [0.05, 0.1) is 5.02 Å². The van der Waals surface area contributed by atoms with E-state index in [-0.39, 0.29) is 34.3 Å². The molecule has 0 unspecified atom stereocenters. The number of amides is 1. The fourth-order valence-corrected chi connectivity index (χ4v) is 4.72. The van der Waals surface area contributed by atoms with Crippen molar-refractivity contribution in [1.82, 2.24) is 9.21 Å². The zero-order valence-electron chi connectivity index (χ0n) is 14.1. The number of rotatable bonds is 3. The highest BCUT2D eigenvalue weighted by Crippen LogP contribution is 2.28. The molecular weight excluding hydrogens is 371 g/mol. The molecule has 1 aromatic rings. The van der Waals surface area contributed by atoms with Crippen LogP contribution in [0.2, 0.25) is 10.0 Å². The normalized spacial score (nSPS) is 17.1. The topological polar surface area (TPSA) is 57.7 Å². The Balaban J connectivity index is 2.09. The summed E-state index contributed by atoms with van der Waals surface area (Å²) in [7, 11) is -3.72. The number of carbonyl (C=O) groups excluding carboxylic acids is 1. The van der Waals surface area contributed by atoms with Gasteiger partial charge in [0.15, 0.2) is 0 Å². The van der Waals surface area contributed by atoms with E-state index in [0.29, 0.717) is 24.5 Å². The molecule has 5 nitrogen and oxygen atoms in total. The molecule has 1 heterocycles. The van der Waals surface area contributed by atoms with E-state index in [0.717, 1.165) is 0 Å². The van der Waals surface area contributed by atoms with Gasteiger partial charge < -0.3 is 4.90 Å². The molecule has 1 amide bonds. The second-order valence-electron chi connectivity index (χ2n) is 7.10. The van der Waals surface area contributed by atoms with Crippen LogP contribution in [0.15, 0.2) is 23.1 Å². The summed E-state index contributed by atoms with van der Waals surface area (Å²) in [5.41, 5.74) is -0.0887. The Kier molecular flexibility index (Phi) is 5.85. The number of hydrogen-bond donors (Lipinski definition) is 0. The molecule has 0 atom stereocenters. The van der Waals surface area contributed by atoms with Crippen LogP contribution in [0.4, 0.5) is 0 Å². The van der Waals surface area contributed by atoms with E-state index in [2.05, 4.69) is 0 Å². The molecule has 0 saturated carbocycles. The Morgan fingerprint density at radius 2 is 1.71 bits per heavy atom. The Bertz CT molecular complexity index is 721. The highest BCUT2D eigenvalue weighted by molar-refractivity contribution is 7.89. The Labute approximate surface area is 153 Å². The molecule has 1 aliphatic heterocycles. The van der Waals surface area contributed by atoms with Gasteiger partial charge in [-0.15, -0.1) is 0 Å². The van der Waals surface area contributed by atoms with Gasteiger partial charge >= 0.3 is 0 Å². The van der Waals surface area contributed by atoms with Gasteiger partial charge in [0, 0.05) is 37.6 Å². The first-order chi connectivity index (χ1) is 11.0. The number of hydrogen-bond acceptors (Lipinski definition) is 3. The number of sulfonamides is 1. The van der Waals surface area contributed by atoms with Crippen molar-refractivity contribution in [2.75, 3.05) is 26.2 Å². The predicted molar refractivity (Wildman–Crippen MR) is 95.9 cm³/mol. The molecule has 134 valence electrons. The summed E-state index contributed by atoms with van der Waals surface area (Å²) in [5.74, 6) is 0.0559. The molecule has 0 aromatic heterocycles. The van der Waals surface area contributed by atoms with Crippen LogP contribution in [0.25, 0.3) is 0 Å². The van der Waals surface area contributed by atoms with Crippen molar-refractivity contribution in [3.8, 4) is 0 Å². The van der Waals surface area contributed by atoms with Gasteiger partial charge in [-0.1, -0.05) is 44.0 Å². The van der Waals surface area contributed by atoms with Gasteiger partial charge in [-0.25, -0.2) is 8.42 Å². The molecular formula is C16H22Cl2N2O3S. The van der Waals surface area contributed by atoms with E-state index in [1.807, 2.05) is 20.8 Å². The lowest BCUT2D eigenvalue weighted by atomic mass is 9.91. The number of benzene rings is 1. The number of halogens is 2. The molecule has 0 radical (unpaired) electrons. The zero-order valence-corrected chi connectivity index (χ0v) is 16.4. The minimum atomic E-state index is -3.72. The van der Waals surface area contributed by atoms with Gasteiger partial charge in [0.2, 0.25) is 15.9 Å². The lowest BCUT2D eigenvalue weighted by Gasteiger charge is -2.35. The van der Waals surface area contributed by atoms with E-state index < -0.39 is 10.0 Å². The smallest absolute Gasteiger partial charge is 0.244 e. The first-order valence-electron chi connectivity index (χ1n) is 7.74. The van der Waals surface area contributed by atoms with Gasteiger partial charge in [-0.3, -0.25) is 4.79 Å². The van der Waals surface area contributed by atoms with E-state index in [9.17, 15) is 13.2 Å². The van der Waals surface area contributed by atoms with Crippen LogP contribution in [-0.4, -0.2) is 49.7 Å². The number of nitrogens with zero attached hydrogens (tertiary/aromatic N) is 2. The molecule has 0 aliphatic carbocycles.